The molecule has 2 aliphatic heterocycles. The highest BCUT2D eigenvalue weighted by Crippen LogP contribution is 2.25. The minimum atomic E-state index is -0.902. The number of amides is 3. The summed E-state index contributed by atoms with van der Waals surface area (Å²) in [6.45, 7) is 4.87. The SMILES string of the molecule is C=CCN1C(=O)CS/C1=N\NC(=O)C(=O)C(NC(=O)C1CCCCC1)C1CCOCC1. The molecule has 2 N–H and O–H groups in total. The van der Waals surface area contributed by atoms with E-state index in [1.165, 1.54) is 16.7 Å². The molecule has 0 aromatic carbocycles. The number of hydrogen-bond acceptors (Lipinski definition) is 7. The lowest BCUT2D eigenvalue weighted by Crippen LogP contribution is -2.53. The molecule has 1 saturated carbocycles. The van der Waals surface area contributed by atoms with Crippen LogP contribution in [0.25, 0.3) is 0 Å². The van der Waals surface area contributed by atoms with E-state index in [0.717, 1.165) is 32.1 Å². The zero-order chi connectivity index (χ0) is 22.2. The molecule has 170 valence electrons. The van der Waals surface area contributed by atoms with Crippen LogP contribution in [0.2, 0.25) is 0 Å². The Morgan fingerprint density at radius 2 is 1.90 bits per heavy atom. The predicted octanol–water partition coefficient (Wildman–Crippen LogP) is 1.20. The fourth-order valence-corrected chi connectivity index (χ4v) is 5.02. The Kier molecular flexibility index (Phi) is 8.65. The number of Topliss-reactive ketones (excluding diaryl/α,β-unsaturated/α-hetero) is 1. The molecule has 1 atom stereocenters. The van der Waals surface area contributed by atoms with Crippen molar-refractivity contribution in [2.75, 3.05) is 25.5 Å². The van der Waals surface area contributed by atoms with E-state index < -0.39 is 17.7 Å². The first-order valence-corrected chi connectivity index (χ1v) is 11.8. The van der Waals surface area contributed by atoms with Gasteiger partial charge in [-0.2, -0.15) is 0 Å². The van der Waals surface area contributed by atoms with Crippen LogP contribution in [0, 0.1) is 11.8 Å². The summed E-state index contributed by atoms with van der Waals surface area (Å²) in [5.41, 5.74) is 2.27. The first-order valence-electron chi connectivity index (χ1n) is 10.8. The minimum absolute atomic E-state index is 0.111. The van der Waals surface area contributed by atoms with Crippen molar-refractivity contribution in [1.29, 1.82) is 0 Å². The van der Waals surface area contributed by atoms with Gasteiger partial charge in [0.15, 0.2) is 5.17 Å². The van der Waals surface area contributed by atoms with Crippen LogP contribution in [-0.4, -0.2) is 65.1 Å². The van der Waals surface area contributed by atoms with E-state index in [1.807, 2.05) is 0 Å². The van der Waals surface area contributed by atoms with Crippen molar-refractivity contribution in [2.45, 2.75) is 51.0 Å². The molecule has 2 heterocycles. The molecule has 0 bridgehead atoms. The minimum Gasteiger partial charge on any atom is -0.381 e. The molecular formula is C21H30N4O5S. The van der Waals surface area contributed by atoms with Crippen molar-refractivity contribution < 1.29 is 23.9 Å². The zero-order valence-corrected chi connectivity index (χ0v) is 18.5. The lowest BCUT2D eigenvalue weighted by Gasteiger charge is -2.31. The Balaban J connectivity index is 1.67. The van der Waals surface area contributed by atoms with Gasteiger partial charge in [0.05, 0.1) is 5.75 Å². The lowest BCUT2D eigenvalue weighted by atomic mass is 9.85. The number of rotatable bonds is 8. The second-order valence-corrected chi connectivity index (χ2v) is 8.99. The Morgan fingerprint density at radius 3 is 2.58 bits per heavy atom. The van der Waals surface area contributed by atoms with Crippen molar-refractivity contribution in [2.24, 2.45) is 16.9 Å². The van der Waals surface area contributed by atoms with Gasteiger partial charge in [0.1, 0.15) is 6.04 Å². The summed E-state index contributed by atoms with van der Waals surface area (Å²) < 4.78 is 5.38. The summed E-state index contributed by atoms with van der Waals surface area (Å²) in [7, 11) is 0. The molecule has 9 nitrogen and oxygen atoms in total. The van der Waals surface area contributed by atoms with Gasteiger partial charge >= 0.3 is 5.91 Å². The fraction of sp³-hybridized carbons (Fsp3) is 0.667. The Morgan fingerprint density at radius 1 is 1.19 bits per heavy atom. The van der Waals surface area contributed by atoms with Gasteiger partial charge in [-0.05, 0) is 31.6 Å². The fourth-order valence-electron chi connectivity index (χ4n) is 4.17. The number of ketones is 1. The van der Waals surface area contributed by atoms with E-state index in [0.29, 0.717) is 31.2 Å². The van der Waals surface area contributed by atoms with E-state index in [1.54, 1.807) is 6.08 Å². The Bertz CT molecular complexity index is 744. The summed E-state index contributed by atoms with van der Waals surface area (Å²) in [6, 6.07) is -0.902. The Labute approximate surface area is 186 Å². The third kappa shape index (κ3) is 6.16. The summed E-state index contributed by atoms with van der Waals surface area (Å²) in [4.78, 5) is 51.7. The molecule has 3 rings (SSSR count). The number of thioether (sulfide) groups is 1. The molecule has 0 aromatic rings. The van der Waals surface area contributed by atoms with Crippen LogP contribution in [0.3, 0.4) is 0 Å². The largest absolute Gasteiger partial charge is 0.381 e. The highest BCUT2D eigenvalue weighted by atomic mass is 32.2. The van der Waals surface area contributed by atoms with Crippen LogP contribution in [0.15, 0.2) is 17.8 Å². The number of hydrogen-bond donors (Lipinski definition) is 2. The summed E-state index contributed by atoms with van der Waals surface area (Å²) in [5, 5.41) is 7.15. The van der Waals surface area contributed by atoms with Gasteiger partial charge in [0.2, 0.25) is 17.6 Å². The number of amidine groups is 1. The van der Waals surface area contributed by atoms with Gasteiger partial charge < -0.3 is 10.1 Å². The molecular weight excluding hydrogens is 420 g/mol. The maximum Gasteiger partial charge on any atom is 0.309 e. The normalized spacial score (nSPS) is 22.9. The van der Waals surface area contributed by atoms with Crippen molar-refractivity contribution in [3.05, 3.63) is 12.7 Å². The number of hydrazone groups is 1. The van der Waals surface area contributed by atoms with Crippen molar-refractivity contribution in [3.63, 3.8) is 0 Å². The maximum absolute atomic E-state index is 13.0. The second-order valence-electron chi connectivity index (χ2n) is 8.05. The summed E-state index contributed by atoms with van der Waals surface area (Å²) >= 11 is 1.18. The molecule has 3 fully saturated rings. The van der Waals surface area contributed by atoms with Gasteiger partial charge in [0, 0.05) is 25.7 Å². The van der Waals surface area contributed by atoms with Gasteiger partial charge in [-0.1, -0.05) is 37.1 Å². The van der Waals surface area contributed by atoms with Crippen molar-refractivity contribution in [1.82, 2.24) is 15.6 Å². The van der Waals surface area contributed by atoms with E-state index in [2.05, 4.69) is 22.4 Å². The van der Waals surface area contributed by atoms with Crippen LogP contribution in [-0.2, 0) is 23.9 Å². The van der Waals surface area contributed by atoms with E-state index in [4.69, 9.17) is 4.74 Å². The molecule has 3 aliphatic rings. The average Bonchev–Trinajstić information content (AvgIpc) is 3.16. The highest BCUT2D eigenvalue weighted by molar-refractivity contribution is 8.15. The first kappa shape index (κ1) is 23.5. The molecule has 1 aliphatic carbocycles. The highest BCUT2D eigenvalue weighted by Gasteiger charge is 2.37. The third-order valence-electron chi connectivity index (χ3n) is 5.94. The van der Waals surface area contributed by atoms with Crippen LogP contribution in [0.5, 0.6) is 0 Å². The number of carbonyl (C=O) groups excluding carboxylic acids is 4. The van der Waals surface area contributed by atoms with E-state index in [-0.39, 0.29) is 35.9 Å². The van der Waals surface area contributed by atoms with Gasteiger partial charge in [-0.15, -0.1) is 11.7 Å². The maximum atomic E-state index is 13.0. The molecule has 2 saturated heterocycles. The number of carbonyl (C=O) groups is 4. The molecule has 10 heteroatoms. The molecule has 31 heavy (non-hydrogen) atoms. The van der Waals surface area contributed by atoms with Gasteiger partial charge in [-0.3, -0.25) is 24.1 Å². The molecule has 1 unspecified atom stereocenters. The smallest absolute Gasteiger partial charge is 0.309 e. The molecule has 3 amide bonds. The third-order valence-corrected chi connectivity index (χ3v) is 6.90. The van der Waals surface area contributed by atoms with Crippen LogP contribution in [0.4, 0.5) is 0 Å². The lowest BCUT2D eigenvalue weighted by molar-refractivity contribution is -0.142. The van der Waals surface area contributed by atoms with Gasteiger partial charge in [0.25, 0.3) is 0 Å². The Hall–Kier alpha value is -2.20. The average molecular weight is 451 g/mol. The van der Waals surface area contributed by atoms with Crippen molar-refractivity contribution in [3.8, 4) is 0 Å². The number of nitrogens with one attached hydrogen (secondary N) is 2. The van der Waals surface area contributed by atoms with Crippen LogP contribution >= 0.6 is 11.8 Å². The standard InChI is InChI=1S/C21H30N4O5S/c1-2-10-25-16(26)13-31-21(25)24-23-20(29)18(27)17(14-8-11-30-12-9-14)22-19(28)15-6-4-3-5-7-15/h2,14-15,17H,1,3-13H2,(H,22,28)(H,23,29)/b24-21-. The summed E-state index contributed by atoms with van der Waals surface area (Å²) in [6.07, 6.45) is 7.51. The predicted molar refractivity (Wildman–Crippen MR) is 117 cm³/mol. The first-order chi connectivity index (χ1) is 15.0. The molecule has 0 spiro atoms. The number of ether oxygens (including phenoxy) is 1. The topological polar surface area (TPSA) is 117 Å². The monoisotopic (exact) mass is 450 g/mol. The quantitative estimate of drug-likeness (QED) is 0.326. The second kappa shape index (κ2) is 11.4. The van der Waals surface area contributed by atoms with Crippen LogP contribution in [0.1, 0.15) is 44.9 Å². The molecule has 0 radical (unpaired) electrons. The van der Waals surface area contributed by atoms with E-state index >= 15 is 0 Å². The zero-order valence-electron chi connectivity index (χ0n) is 17.6. The van der Waals surface area contributed by atoms with Crippen LogP contribution < -0.4 is 10.7 Å². The van der Waals surface area contributed by atoms with Gasteiger partial charge in [-0.25, -0.2) is 5.43 Å². The molecule has 0 aromatic heterocycles. The van der Waals surface area contributed by atoms with Crippen molar-refractivity contribution >= 4 is 40.4 Å². The summed E-state index contributed by atoms with van der Waals surface area (Å²) in [5.74, 6) is -1.95. The number of nitrogens with zero attached hydrogens (tertiary/aromatic N) is 2. The van der Waals surface area contributed by atoms with E-state index in [9.17, 15) is 19.2 Å².